The molecular weight excluding hydrogens is 243 g/mol. The van der Waals surface area contributed by atoms with Crippen LogP contribution in [0.2, 0.25) is 0 Å². The predicted octanol–water partition coefficient (Wildman–Crippen LogP) is 1.81. The van der Waals surface area contributed by atoms with Gasteiger partial charge >= 0.3 is 0 Å². The number of aromatic nitrogens is 3. The lowest BCUT2D eigenvalue weighted by Gasteiger charge is -2.12. The molecule has 0 amide bonds. The van der Waals surface area contributed by atoms with Crippen molar-refractivity contribution in [2.45, 2.75) is 32.1 Å². The lowest BCUT2D eigenvalue weighted by atomic mass is 10.1. The second kappa shape index (κ2) is 4.30. The maximum absolute atomic E-state index is 13.8. The number of hydrogen-bond acceptors (Lipinski definition) is 5. The Morgan fingerprint density at radius 3 is 2.65 bits per heavy atom. The average molecular weight is 258 g/mol. The van der Waals surface area contributed by atoms with Crippen molar-refractivity contribution in [1.29, 1.82) is 0 Å². The summed E-state index contributed by atoms with van der Waals surface area (Å²) >= 11 is 1.32. The van der Waals surface area contributed by atoms with E-state index in [0.717, 1.165) is 11.6 Å². The normalized spacial score (nSPS) is 18.6. The van der Waals surface area contributed by atoms with Gasteiger partial charge in [0, 0.05) is 7.05 Å². The van der Waals surface area contributed by atoms with Crippen LogP contribution in [0.15, 0.2) is 10.9 Å². The largest absolute Gasteiger partial charge is 0.318 e. The molecular formula is C10H15FN4OS. The number of nitrogens with zero attached hydrogens (tertiary/aromatic N) is 3. The number of halogens is 1. The first-order chi connectivity index (χ1) is 7.92. The fourth-order valence-corrected chi connectivity index (χ4v) is 2.34. The number of rotatable bonds is 3. The molecule has 0 aromatic carbocycles. The van der Waals surface area contributed by atoms with E-state index in [0.29, 0.717) is 10.8 Å². The first-order valence-corrected chi connectivity index (χ1v) is 6.22. The van der Waals surface area contributed by atoms with Gasteiger partial charge in [0.2, 0.25) is 0 Å². The van der Waals surface area contributed by atoms with Crippen molar-refractivity contribution in [2.75, 3.05) is 0 Å². The molecule has 0 saturated heterocycles. The van der Waals surface area contributed by atoms with Crippen LogP contribution < -0.4 is 5.48 Å². The van der Waals surface area contributed by atoms with Crippen molar-refractivity contribution >= 4 is 11.8 Å². The van der Waals surface area contributed by atoms with Gasteiger partial charge in [-0.15, -0.1) is 10.2 Å². The topological polar surface area (TPSA) is 52.0 Å². The van der Waals surface area contributed by atoms with E-state index in [1.165, 1.54) is 11.8 Å². The van der Waals surface area contributed by atoms with Crippen molar-refractivity contribution in [3.05, 3.63) is 22.5 Å². The van der Waals surface area contributed by atoms with Crippen molar-refractivity contribution in [2.24, 2.45) is 7.05 Å². The van der Waals surface area contributed by atoms with Gasteiger partial charge in [-0.2, -0.15) is 0 Å². The number of thioether (sulfide) groups is 1. The van der Waals surface area contributed by atoms with E-state index in [2.05, 4.69) is 15.7 Å². The maximum atomic E-state index is 13.8. The quantitative estimate of drug-likeness (QED) is 0.896. The highest BCUT2D eigenvalue weighted by atomic mass is 32.2. The van der Waals surface area contributed by atoms with E-state index in [-0.39, 0.29) is 5.83 Å². The molecule has 5 nitrogen and oxygen atoms in total. The van der Waals surface area contributed by atoms with Gasteiger partial charge in [-0.3, -0.25) is 10.3 Å². The lowest BCUT2D eigenvalue weighted by Crippen LogP contribution is -2.22. The molecule has 0 radical (unpaired) electrons. The van der Waals surface area contributed by atoms with Gasteiger partial charge in [-0.1, -0.05) is 11.8 Å². The number of nitrogens with one attached hydrogen (secondary N) is 1. The first kappa shape index (κ1) is 12.4. The van der Waals surface area contributed by atoms with E-state index in [1.54, 1.807) is 13.8 Å². The fraction of sp³-hybridized carbons (Fsp3) is 0.600. The molecule has 1 aromatic rings. The average Bonchev–Trinajstić information content (AvgIpc) is 2.71. The van der Waals surface area contributed by atoms with Gasteiger partial charge in [0.1, 0.15) is 22.3 Å². The van der Waals surface area contributed by atoms with Crippen LogP contribution in [-0.4, -0.2) is 20.4 Å². The van der Waals surface area contributed by atoms with E-state index in [1.807, 2.05) is 18.5 Å². The van der Waals surface area contributed by atoms with Crippen molar-refractivity contribution < 1.29 is 9.23 Å². The van der Waals surface area contributed by atoms with E-state index in [4.69, 9.17) is 4.84 Å². The third kappa shape index (κ3) is 2.30. The second-order valence-electron chi connectivity index (χ2n) is 4.37. The Kier molecular flexibility index (Phi) is 3.13. The zero-order chi connectivity index (χ0) is 12.6. The first-order valence-electron chi connectivity index (χ1n) is 5.24. The molecule has 0 bridgehead atoms. The SMILES string of the molecule is Cc1nnc(CSC2=C(F)C(C)(C)ON2)n1C. The highest BCUT2D eigenvalue weighted by Crippen LogP contribution is 2.35. The minimum Gasteiger partial charge on any atom is -0.318 e. The van der Waals surface area contributed by atoms with Crippen LogP contribution in [-0.2, 0) is 17.6 Å². The van der Waals surface area contributed by atoms with Gasteiger partial charge in [0.15, 0.2) is 5.83 Å². The summed E-state index contributed by atoms with van der Waals surface area (Å²) in [6.45, 7) is 5.23. The van der Waals surface area contributed by atoms with Gasteiger partial charge < -0.3 is 4.57 Å². The molecule has 17 heavy (non-hydrogen) atoms. The lowest BCUT2D eigenvalue weighted by molar-refractivity contribution is -0.0269. The highest BCUT2D eigenvalue weighted by Gasteiger charge is 2.35. The Morgan fingerprint density at radius 2 is 2.18 bits per heavy atom. The standard InChI is InChI=1S/C10H15FN4OS/c1-6-12-13-7(15(6)4)5-17-9-8(11)10(2,3)16-14-9/h14H,5H2,1-4H3. The van der Waals surface area contributed by atoms with Crippen LogP contribution in [0.3, 0.4) is 0 Å². The molecule has 0 aliphatic carbocycles. The molecule has 1 aliphatic heterocycles. The molecule has 1 aliphatic rings. The van der Waals surface area contributed by atoms with E-state index < -0.39 is 5.60 Å². The summed E-state index contributed by atoms with van der Waals surface area (Å²) in [7, 11) is 1.89. The summed E-state index contributed by atoms with van der Waals surface area (Å²) in [5, 5.41) is 8.38. The molecule has 0 fully saturated rings. The van der Waals surface area contributed by atoms with Crippen LogP contribution in [0.25, 0.3) is 0 Å². The molecule has 7 heteroatoms. The van der Waals surface area contributed by atoms with E-state index >= 15 is 0 Å². The second-order valence-corrected chi connectivity index (χ2v) is 5.35. The number of hydrogen-bond donors (Lipinski definition) is 1. The Morgan fingerprint density at radius 1 is 1.47 bits per heavy atom. The third-order valence-electron chi connectivity index (χ3n) is 2.66. The maximum Gasteiger partial charge on any atom is 0.166 e. The van der Waals surface area contributed by atoms with Crippen LogP contribution in [0.5, 0.6) is 0 Å². The monoisotopic (exact) mass is 258 g/mol. The zero-order valence-electron chi connectivity index (χ0n) is 10.2. The molecule has 0 atom stereocenters. The van der Waals surface area contributed by atoms with Gasteiger partial charge in [-0.05, 0) is 20.8 Å². The van der Waals surface area contributed by atoms with Crippen LogP contribution in [0.1, 0.15) is 25.5 Å². The Hall–Kier alpha value is -1.08. The van der Waals surface area contributed by atoms with Gasteiger partial charge in [0.05, 0.1) is 5.75 Å². The predicted molar refractivity (Wildman–Crippen MR) is 63.5 cm³/mol. The smallest absolute Gasteiger partial charge is 0.166 e. The minimum atomic E-state index is -0.891. The Bertz CT molecular complexity index is 469. The molecule has 0 spiro atoms. The minimum absolute atomic E-state index is 0.276. The summed E-state index contributed by atoms with van der Waals surface area (Å²) in [6, 6.07) is 0. The Labute approximate surface area is 103 Å². The molecule has 94 valence electrons. The summed E-state index contributed by atoms with van der Waals surface area (Å²) in [4.78, 5) is 5.13. The van der Waals surface area contributed by atoms with E-state index in [9.17, 15) is 4.39 Å². The fourth-order valence-electron chi connectivity index (χ4n) is 1.34. The van der Waals surface area contributed by atoms with Crippen molar-refractivity contribution in [3.63, 3.8) is 0 Å². The highest BCUT2D eigenvalue weighted by molar-refractivity contribution is 8.02. The zero-order valence-corrected chi connectivity index (χ0v) is 11.1. The number of aryl methyl sites for hydroxylation is 1. The van der Waals surface area contributed by atoms with Crippen LogP contribution in [0, 0.1) is 6.92 Å². The molecule has 1 N–H and O–H groups in total. The van der Waals surface area contributed by atoms with Crippen molar-refractivity contribution in [3.8, 4) is 0 Å². The van der Waals surface area contributed by atoms with Gasteiger partial charge in [0.25, 0.3) is 0 Å². The van der Waals surface area contributed by atoms with Crippen LogP contribution >= 0.6 is 11.8 Å². The molecule has 2 rings (SSSR count). The molecule has 0 saturated carbocycles. The summed E-state index contributed by atoms with van der Waals surface area (Å²) in [5.41, 5.74) is 1.71. The number of hydroxylamine groups is 1. The third-order valence-corrected chi connectivity index (χ3v) is 3.61. The molecule has 0 unspecified atom stereocenters. The Balaban J connectivity index is 2.05. The summed E-state index contributed by atoms with van der Waals surface area (Å²) in [6.07, 6.45) is 0. The molecule has 1 aromatic heterocycles. The summed E-state index contributed by atoms with van der Waals surface area (Å²) < 4.78 is 15.7. The van der Waals surface area contributed by atoms with Gasteiger partial charge in [-0.25, -0.2) is 4.39 Å². The molecule has 2 heterocycles. The van der Waals surface area contributed by atoms with Crippen LogP contribution in [0.4, 0.5) is 4.39 Å². The summed E-state index contributed by atoms with van der Waals surface area (Å²) in [5.74, 6) is 1.92. The van der Waals surface area contributed by atoms with Crippen molar-refractivity contribution in [1.82, 2.24) is 20.2 Å².